The molecule has 0 aromatic carbocycles. The lowest BCUT2D eigenvalue weighted by atomic mass is 10.0. The highest BCUT2D eigenvalue weighted by Crippen LogP contribution is 2.20. The molecular formula is C12H24N2O3S. The van der Waals surface area contributed by atoms with Crippen molar-refractivity contribution in [3.05, 3.63) is 0 Å². The van der Waals surface area contributed by atoms with Gasteiger partial charge in [0.2, 0.25) is 10.0 Å². The third-order valence-electron chi connectivity index (χ3n) is 3.77. The van der Waals surface area contributed by atoms with Crippen LogP contribution in [0, 0.1) is 5.92 Å². The first-order valence-corrected chi connectivity index (χ1v) is 8.68. The number of rotatable bonds is 4. The first kappa shape index (κ1) is 14.2. The molecule has 2 saturated heterocycles. The second kappa shape index (κ2) is 6.32. The topological polar surface area (TPSA) is 58.6 Å². The molecule has 0 spiro atoms. The van der Waals surface area contributed by atoms with Crippen LogP contribution < -0.4 is 5.32 Å². The highest BCUT2D eigenvalue weighted by Gasteiger charge is 2.26. The van der Waals surface area contributed by atoms with Crippen molar-refractivity contribution >= 4 is 10.0 Å². The molecule has 0 saturated carbocycles. The Labute approximate surface area is 110 Å². The van der Waals surface area contributed by atoms with Crippen molar-refractivity contribution in [2.75, 3.05) is 39.0 Å². The average molecular weight is 276 g/mol. The molecule has 0 radical (unpaired) electrons. The van der Waals surface area contributed by atoms with Gasteiger partial charge in [0.15, 0.2) is 0 Å². The average Bonchev–Trinajstić information content (AvgIpc) is 2.37. The van der Waals surface area contributed by atoms with Crippen LogP contribution in [0.3, 0.4) is 0 Å². The number of sulfonamides is 1. The summed E-state index contributed by atoms with van der Waals surface area (Å²) in [6.07, 6.45) is 5.92. The summed E-state index contributed by atoms with van der Waals surface area (Å²) in [5.41, 5.74) is 0. The van der Waals surface area contributed by atoms with Crippen LogP contribution in [0.4, 0.5) is 0 Å². The molecule has 2 heterocycles. The van der Waals surface area contributed by atoms with Crippen LogP contribution in [0.25, 0.3) is 0 Å². The van der Waals surface area contributed by atoms with Crippen molar-refractivity contribution in [2.45, 2.75) is 31.8 Å². The first-order chi connectivity index (χ1) is 8.55. The maximum atomic E-state index is 11.5. The minimum atomic E-state index is -3.04. The Morgan fingerprint density at radius 3 is 2.83 bits per heavy atom. The van der Waals surface area contributed by atoms with Gasteiger partial charge in [0.05, 0.1) is 19.0 Å². The summed E-state index contributed by atoms with van der Waals surface area (Å²) in [7, 11) is -3.04. The molecule has 106 valence electrons. The third-order valence-corrected chi connectivity index (χ3v) is 5.04. The molecule has 18 heavy (non-hydrogen) atoms. The van der Waals surface area contributed by atoms with E-state index in [1.54, 1.807) is 4.31 Å². The van der Waals surface area contributed by atoms with Crippen molar-refractivity contribution in [1.29, 1.82) is 0 Å². The van der Waals surface area contributed by atoms with E-state index in [1.165, 1.54) is 12.7 Å². The minimum absolute atomic E-state index is 0.312. The Hall–Kier alpha value is -0.170. The van der Waals surface area contributed by atoms with Gasteiger partial charge in [-0.3, -0.25) is 0 Å². The van der Waals surface area contributed by atoms with Crippen LogP contribution in [0.15, 0.2) is 0 Å². The summed E-state index contributed by atoms with van der Waals surface area (Å²) in [4.78, 5) is 0. The number of hydrogen-bond acceptors (Lipinski definition) is 4. The van der Waals surface area contributed by atoms with E-state index in [9.17, 15) is 8.42 Å². The zero-order chi connectivity index (χ0) is 13.0. The van der Waals surface area contributed by atoms with Crippen LogP contribution in [0.5, 0.6) is 0 Å². The number of hydrogen-bond donors (Lipinski definition) is 1. The zero-order valence-corrected chi connectivity index (χ0v) is 11.9. The van der Waals surface area contributed by atoms with E-state index in [0.29, 0.717) is 31.7 Å². The smallest absolute Gasteiger partial charge is 0.211 e. The van der Waals surface area contributed by atoms with Crippen molar-refractivity contribution < 1.29 is 13.2 Å². The van der Waals surface area contributed by atoms with Crippen molar-refractivity contribution in [2.24, 2.45) is 5.92 Å². The van der Waals surface area contributed by atoms with Gasteiger partial charge in [-0.25, -0.2) is 12.7 Å². The Morgan fingerprint density at radius 2 is 2.17 bits per heavy atom. The molecule has 0 aromatic rings. The summed E-state index contributed by atoms with van der Waals surface area (Å²) in [6.45, 7) is 4.01. The fourth-order valence-electron chi connectivity index (χ4n) is 2.70. The van der Waals surface area contributed by atoms with Crippen LogP contribution in [-0.4, -0.2) is 57.9 Å². The normalized spacial score (nSPS) is 31.4. The van der Waals surface area contributed by atoms with Gasteiger partial charge < -0.3 is 10.1 Å². The third kappa shape index (κ3) is 4.19. The van der Waals surface area contributed by atoms with E-state index in [2.05, 4.69) is 5.32 Å². The van der Waals surface area contributed by atoms with Gasteiger partial charge in [0.1, 0.15) is 0 Å². The Kier molecular flexibility index (Phi) is 5.00. The Morgan fingerprint density at radius 1 is 1.33 bits per heavy atom. The standard InChI is InChI=1S/C12H24N2O3S/c1-18(15,16)14-7-3-4-11(9-14)10-17-12-5-2-6-13-8-12/h11-13H,2-10H2,1H3. The molecule has 5 nitrogen and oxygen atoms in total. The maximum Gasteiger partial charge on any atom is 0.211 e. The fraction of sp³-hybridized carbons (Fsp3) is 1.00. The quantitative estimate of drug-likeness (QED) is 0.809. The summed E-state index contributed by atoms with van der Waals surface area (Å²) in [5, 5.41) is 3.32. The second-order valence-electron chi connectivity index (χ2n) is 5.43. The first-order valence-electron chi connectivity index (χ1n) is 6.83. The number of nitrogens with one attached hydrogen (secondary N) is 1. The Balaban J connectivity index is 1.75. The molecule has 0 aliphatic carbocycles. The molecule has 2 fully saturated rings. The molecule has 2 atom stereocenters. The molecular weight excluding hydrogens is 252 g/mol. The number of nitrogens with zero attached hydrogens (tertiary/aromatic N) is 1. The predicted molar refractivity (Wildman–Crippen MR) is 71.0 cm³/mol. The highest BCUT2D eigenvalue weighted by molar-refractivity contribution is 7.88. The van der Waals surface area contributed by atoms with E-state index >= 15 is 0 Å². The molecule has 1 N–H and O–H groups in total. The number of piperidine rings is 2. The number of ether oxygens (including phenoxy) is 1. The van der Waals surface area contributed by atoms with Gasteiger partial charge in [0, 0.05) is 19.6 Å². The monoisotopic (exact) mass is 276 g/mol. The van der Waals surface area contributed by atoms with E-state index in [0.717, 1.165) is 32.4 Å². The van der Waals surface area contributed by atoms with Gasteiger partial charge in [-0.05, 0) is 38.1 Å². The maximum absolute atomic E-state index is 11.5. The minimum Gasteiger partial charge on any atom is -0.377 e. The molecule has 6 heteroatoms. The van der Waals surface area contributed by atoms with Gasteiger partial charge >= 0.3 is 0 Å². The lowest BCUT2D eigenvalue weighted by molar-refractivity contribution is 0.00568. The van der Waals surface area contributed by atoms with Crippen LogP contribution in [0.1, 0.15) is 25.7 Å². The van der Waals surface area contributed by atoms with Gasteiger partial charge in [-0.1, -0.05) is 0 Å². The molecule has 0 bridgehead atoms. The molecule has 2 unspecified atom stereocenters. The van der Waals surface area contributed by atoms with Crippen molar-refractivity contribution in [3.8, 4) is 0 Å². The molecule has 2 aliphatic rings. The Bertz CT molecular complexity index is 352. The molecule has 2 aliphatic heterocycles. The molecule has 2 rings (SSSR count). The van der Waals surface area contributed by atoms with E-state index in [-0.39, 0.29) is 0 Å². The van der Waals surface area contributed by atoms with Crippen molar-refractivity contribution in [1.82, 2.24) is 9.62 Å². The molecule has 0 amide bonds. The van der Waals surface area contributed by atoms with Crippen molar-refractivity contribution in [3.63, 3.8) is 0 Å². The summed E-state index contributed by atoms with van der Waals surface area (Å²) in [6, 6.07) is 0. The largest absolute Gasteiger partial charge is 0.377 e. The molecule has 0 aromatic heterocycles. The van der Waals surface area contributed by atoms with Crippen LogP contribution in [0.2, 0.25) is 0 Å². The fourth-order valence-corrected chi connectivity index (χ4v) is 3.64. The van der Waals surface area contributed by atoms with Crippen LogP contribution >= 0.6 is 0 Å². The second-order valence-corrected chi connectivity index (χ2v) is 7.41. The van der Waals surface area contributed by atoms with Gasteiger partial charge in [-0.15, -0.1) is 0 Å². The predicted octanol–water partition coefficient (Wildman–Crippen LogP) is 0.427. The lowest BCUT2D eigenvalue weighted by Gasteiger charge is -2.32. The zero-order valence-electron chi connectivity index (χ0n) is 11.1. The van der Waals surface area contributed by atoms with Gasteiger partial charge in [-0.2, -0.15) is 0 Å². The van der Waals surface area contributed by atoms with E-state index in [1.807, 2.05) is 0 Å². The SMILES string of the molecule is CS(=O)(=O)N1CCCC(COC2CCCNC2)C1. The van der Waals surface area contributed by atoms with E-state index < -0.39 is 10.0 Å². The summed E-state index contributed by atoms with van der Waals surface area (Å²) in [5.74, 6) is 0.357. The summed E-state index contributed by atoms with van der Waals surface area (Å²) < 4.78 is 30.5. The van der Waals surface area contributed by atoms with Crippen LogP contribution in [-0.2, 0) is 14.8 Å². The summed E-state index contributed by atoms with van der Waals surface area (Å²) >= 11 is 0. The van der Waals surface area contributed by atoms with Gasteiger partial charge in [0.25, 0.3) is 0 Å². The lowest BCUT2D eigenvalue weighted by Crippen LogP contribution is -2.42. The van der Waals surface area contributed by atoms with E-state index in [4.69, 9.17) is 4.74 Å². The highest BCUT2D eigenvalue weighted by atomic mass is 32.2.